The Morgan fingerprint density at radius 1 is 0.878 bits per heavy atom. The van der Waals surface area contributed by atoms with Crippen LogP contribution in [0, 0.1) is 10.1 Å². The fraction of sp³-hybridized carbons (Fsp3) is 0.448. The molecule has 0 atom stereocenters. The van der Waals surface area contributed by atoms with Crippen LogP contribution in [-0.2, 0) is 6.61 Å². The maximum Gasteiger partial charge on any atom is 0.269 e. The molecular weight excluding hydrogens is 524 g/mol. The van der Waals surface area contributed by atoms with Gasteiger partial charge in [0.1, 0.15) is 6.61 Å². The fourth-order valence-electron chi connectivity index (χ4n) is 4.91. The van der Waals surface area contributed by atoms with E-state index >= 15 is 0 Å². The molecule has 1 aromatic heterocycles. The van der Waals surface area contributed by atoms with Crippen LogP contribution in [0.1, 0.15) is 56.6 Å². The number of hydrazone groups is 1. The molecule has 41 heavy (non-hydrogen) atoms. The lowest BCUT2D eigenvalue weighted by molar-refractivity contribution is -0.384. The summed E-state index contributed by atoms with van der Waals surface area (Å²) in [6.45, 7) is 6.43. The van der Waals surface area contributed by atoms with Crippen molar-refractivity contribution in [1.82, 2.24) is 15.0 Å². The smallest absolute Gasteiger partial charge is 0.269 e. The predicted molar refractivity (Wildman–Crippen MR) is 158 cm³/mol. The number of nitro groups is 1. The van der Waals surface area contributed by atoms with Gasteiger partial charge in [-0.25, -0.2) is 5.43 Å². The molecule has 12 nitrogen and oxygen atoms in total. The lowest BCUT2D eigenvalue weighted by Gasteiger charge is -2.30. The van der Waals surface area contributed by atoms with Crippen LogP contribution in [0.2, 0.25) is 0 Å². The SMILES string of the molecule is CCOc1cc(/C=N/Nc2nc(N3CCCCC3)nc(N3CCCCC3)n2)ccc1OCc1ccc([N+](=O)[O-])cc1. The number of piperidine rings is 2. The van der Waals surface area contributed by atoms with Crippen molar-refractivity contribution in [3.05, 3.63) is 63.7 Å². The molecule has 3 heterocycles. The Kier molecular flexibility index (Phi) is 9.40. The molecule has 216 valence electrons. The van der Waals surface area contributed by atoms with E-state index in [1.165, 1.54) is 25.0 Å². The minimum Gasteiger partial charge on any atom is -0.490 e. The number of nitrogens with zero attached hydrogens (tertiary/aromatic N) is 7. The van der Waals surface area contributed by atoms with Crippen LogP contribution < -0.4 is 24.7 Å². The molecule has 0 saturated carbocycles. The number of aromatic nitrogens is 3. The molecule has 0 aliphatic carbocycles. The Hall–Kier alpha value is -4.48. The van der Waals surface area contributed by atoms with Gasteiger partial charge in [-0.05, 0) is 86.9 Å². The van der Waals surface area contributed by atoms with Gasteiger partial charge in [-0.1, -0.05) is 0 Å². The minimum absolute atomic E-state index is 0.0450. The van der Waals surface area contributed by atoms with E-state index in [2.05, 4.69) is 30.3 Å². The molecular formula is C29H36N8O4. The fourth-order valence-corrected chi connectivity index (χ4v) is 4.91. The van der Waals surface area contributed by atoms with Crippen molar-refractivity contribution in [1.29, 1.82) is 0 Å². The van der Waals surface area contributed by atoms with Crippen LogP contribution in [-0.4, -0.2) is 58.9 Å². The number of benzene rings is 2. The van der Waals surface area contributed by atoms with Crippen molar-refractivity contribution < 1.29 is 14.4 Å². The first-order valence-electron chi connectivity index (χ1n) is 14.3. The number of nitro benzene ring substituents is 1. The third-order valence-electron chi connectivity index (χ3n) is 7.08. The van der Waals surface area contributed by atoms with Gasteiger partial charge < -0.3 is 19.3 Å². The first kappa shape index (κ1) is 28.1. The van der Waals surface area contributed by atoms with Gasteiger partial charge in [0.05, 0.1) is 17.7 Å². The quantitative estimate of drug-likeness (QED) is 0.190. The second-order valence-corrected chi connectivity index (χ2v) is 10.1. The van der Waals surface area contributed by atoms with Crippen molar-refractivity contribution in [3.63, 3.8) is 0 Å². The van der Waals surface area contributed by atoms with Gasteiger partial charge in [-0.15, -0.1) is 0 Å². The normalized spacial score (nSPS) is 15.6. The third kappa shape index (κ3) is 7.59. The van der Waals surface area contributed by atoms with Gasteiger partial charge >= 0.3 is 0 Å². The molecule has 2 aliphatic heterocycles. The number of hydrogen-bond donors (Lipinski definition) is 1. The topological polar surface area (TPSA) is 131 Å². The van der Waals surface area contributed by atoms with Crippen molar-refractivity contribution in [2.24, 2.45) is 5.10 Å². The maximum atomic E-state index is 10.9. The maximum absolute atomic E-state index is 10.9. The highest BCUT2D eigenvalue weighted by molar-refractivity contribution is 5.81. The van der Waals surface area contributed by atoms with Crippen molar-refractivity contribution in [3.8, 4) is 11.5 Å². The Morgan fingerprint density at radius 3 is 2.10 bits per heavy atom. The third-order valence-corrected chi connectivity index (χ3v) is 7.08. The van der Waals surface area contributed by atoms with Crippen LogP contribution in [0.15, 0.2) is 47.6 Å². The molecule has 3 aromatic rings. The molecule has 2 saturated heterocycles. The molecule has 12 heteroatoms. The number of rotatable bonds is 11. The Labute approximate surface area is 239 Å². The zero-order valence-electron chi connectivity index (χ0n) is 23.4. The van der Waals surface area contributed by atoms with Gasteiger partial charge in [0, 0.05) is 38.3 Å². The monoisotopic (exact) mass is 560 g/mol. The number of ether oxygens (including phenoxy) is 2. The van der Waals surface area contributed by atoms with E-state index in [4.69, 9.17) is 14.5 Å². The first-order chi connectivity index (χ1) is 20.1. The summed E-state index contributed by atoms with van der Waals surface area (Å²) in [4.78, 5) is 29.1. The molecule has 0 amide bonds. The summed E-state index contributed by atoms with van der Waals surface area (Å²) in [6.07, 6.45) is 8.72. The van der Waals surface area contributed by atoms with Crippen LogP contribution in [0.25, 0.3) is 0 Å². The van der Waals surface area contributed by atoms with Gasteiger partial charge in [0.15, 0.2) is 11.5 Å². The molecule has 0 bridgehead atoms. The van der Waals surface area contributed by atoms with E-state index < -0.39 is 4.92 Å². The Morgan fingerprint density at radius 2 is 1.51 bits per heavy atom. The number of non-ortho nitro benzene ring substituents is 1. The van der Waals surface area contributed by atoms with Crippen molar-refractivity contribution in [2.45, 2.75) is 52.1 Å². The lowest BCUT2D eigenvalue weighted by atomic mass is 10.1. The van der Waals surface area contributed by atoms with Crippen molar-refractivity contribution in [2.75, 3.05) is 48.0 Å². The summed E-state index contributed by atoms with van der Waals surface area (Å²) < 4.78 is 11.8. The molecule has 0 unspecified atom stereocenters. The predicted octanol–water partition coefficient (Wildman–Crippen LogP) is 5.18. The summed E-state index contributed by atoms with van der Waals surface area (Å²) in [5.41, 5.74) is 4.68. The highest BCUT2D eigenvalue weighted by Gasteiger charge is 2.20. The summed E-state index contributed by atoms with van der Waals surface area (Å²) in [5.74, 6) is 2.98. The molecule has 2 fully saturated rings. The largest absolute Gasteiger partial charge is 0.490 e. The van der Waals surface area contributed by atoms with Crippen LogP contribution in [0.4, 0.5) is 23.5 Å². The Bertz CT molecular complexity index is 1300. The average molecular weight is 561 g/mol. The van der Waals surface area contributed by atoms with E-state index in [-0.39, 0.29) is 12.3 Å². The number of anilines is 3. The lowest BCUT2D eigenvalue weighted by Crippen LogP contribution is -2.34. The molecule has 2 aromatic carbocycles. The van der Waals surface area contributed by atoms with Gasteiger partial charge in [-0.2, -0.15) is 20.1 Å². The highest BCUT2D eigenvalue weighted by atomic mass is 16.6. The molecule has 1 N–H and O–H groups in total. The first-order valence-corrected chi connectivity index (χ1v) is 14.3. The molecule has 0 spiro atoms. The second kappa shape index (κ2) is 13.7. The minimum atomic E-state index is -0.422. The molecule has 0 radical (unpaired) electrons. The average Bonchev–Trinajstić information content (AvgIpc) is 3.02. The summed E-state index contributed by atoms with van der Waals surface area (Å²) in [5, 5.41) is 15.3. The zero-order chi connectivity index (χ0) is 28.4. The van der Waals surface area contributed by atoms with E-state index in [0.29, 0.717) is 36.0 Å². The van der Waals surface area contributed by atoms with Crippen LogP contribution >= 0.6 is 0 Å². The van der Waals surface area contributed by atoms with Gasteiger partial charge in [-0.3, -0.25) is 10.1 Å². The second-order valence-electron chi connectivity index (χ2n) is 10.1. The number of hydrogen-bond acceptors (Lipinski definition) is 11. The van der Waals surface area contributed by atoms with Crippen LogP contribution in [0.5, 0.6) is 11.5 Å². The molecule has 5 rings (SSSR count). The molecule has 2 aliphatic rings. The number of nitrogens with one attached hydrogen (secondary N) is 1. The van der Waals surface area contributed by atoms with Gasteiger partial charge in [0.25, 0.3) is 5.69 Å². The Balaban J connectivity index is 1.28. The van der Waals surface area contributed by atoms with Crippen LogP contribution in [0.3, 0.4) is 0 Å². The summed E-state index contributed by atoms with van der Waals surface area (Å²) >= 11 is 0. The van der Waals surface area contributed by atoms with Gasteiger partial charge in [0.2, 0.25) is 17.8 Å². The van der Waals surface area contributed by atoms with E-state index in [1.807, 2.05) is 25.1 Å². The van der Waals surface area contributed by atoms with E-state index in [9.17, 15) is 10.1 Å². The van der Waals surface area contributed by atoms with Crippen molar-refractivity contribution >= 4 is 29.7 Å². The summed E-state index contributed by atoms with van der Waals surface area (Å²) in [6, 6.07) is 11.8. The van der Waals surface area contributed by atoms with E-state index in [1.54, 1.807) is 18.3 Å². The van der Waals surface area contributed by atoms with E-state index in [0.717, 1.165) is 63.0 Å². The summed E-state index contributed by atoms with van der Waals surface area (Å²) in [7, 11) is 0. The zero-order valence-corrected chi connectivity index (χ0v) is 23.4. The highest BCUT2D eigenvalue weighted by Crippen LogP contribution is 2.29. The standard InChI is InChI=1S/C29H36N8O4/c1-2-40-26-19-23(11-14-25(26)41-21-22-9-12-24(13-10-22)37(38)39)20-30-34-27-31-28(35-15-5-3-6-16-35)33-29(32-27)36-17-7-4-8-18-36/h9-14,19-20H,2-8,15-18,21H2,1H3,(H,31,32,33,34)/b30-20+.